The standard InChI is InChI=1S/C17H11ClN2O2/c18-14-8-12-5-4-10-7-11(16(21)22)9-19-15(10)17(12)6-2-1-3-13(17)20-14/h1-9,14H,(H,21,22). The molecule has 0 bridgehead atoms. The topological polar surface area (TPSA) is 62.5 Å². The van der Waals surface area contributed by atoms with Crippen molar-refractivity contribution in [2.24, 2.45) is 4.99 Å². The number of pyridine rings is 1. The lowest BCUT2D eigenvalue weighted by Crippen LogP contribution is -2.41. The van der Waals surface area contributed by atoms with Crippen molar-refractivity contribution >= 4 is 29.4 Å². The monoisotopic (exact) mass is 310 g/mol. The maximum atomic E-state index is 11.2. The molecule has 2 atom stereocenters. The number of carbonyl (C=O) groups is 1. The van der Waals surface area contributed by atoms with Crippen LogP contribution < -0.4 is 0 Å². The molecule has 2 aliphatic carbocycles. The molecule has 108 valence electrons. The summed E-state index contributed by atoms with van der Waals surface area (Å²) in [6.07, 6.45) is 15.0. The van der Waals surface area contributed by atoms with E-state index in [0.29, 0.717) is 0 Å². The van der Waals surface area contributed by atoms with Gasteiger partial charge in [0.2, 0.25) is 0 Å². The van der Waals surface area contributed by atoms with Gasteiger partial charge in [0.15, 0.2) is 0 Å². The molecule has 3 aliphatic rings. The Hall–Kier alpha value is -2.46. The first-order valence-electron chi connectivity index (χ1n) is 6.84. The summed E-state index contributed by atoms with van der Waals surface area (Å²) in [7, 11) is 0. The molecule has 1 spiro atoms. The molecule has 1 aliphatic heterocycles. The summed E-state index contributed by atoms with van der Waals surface area (Å²) in [5.74, 6) is -0.986. The normalized spacial score (nSPS) is 27.4. The SMILES string of the molecule is O=C(O)c1cnc2c(c1)C=CC1=CC(Cl)N=C3C=CC=CC132. The molecule has 22 heavy (non-hydrogen) atoms. The number of rotatable bonds is 1. The third-order valence-corrected chi connectivity index (χ3v) is 4.35. The summed E-state index contributed by atoms with van der Waals surface area (Å²) in [6.45, 7) is 0. The van der Waals surface area contributed by atoms with Gasteiger partial charge in [0, 0.05) is 6.20 Å². The van der Waals surface area contributed by atoms with Gasteiger partial charge in [-0.05, 0) is 29.4 Å². The fraction of sp³-hybridized carbons (Fsp3) is 0.118. The van der Waals surface area contributed by atoms with Crippen LogP contribution in [0.25, 0.3) is 6.08 Å². The lowest BCUT2D eigenvalue weighted by molar-refractivity contribution is 0.0696. The lowest BCUT2D eigenvalue weighted by Gasteiger charge is -2.39. The Bertz CT molecular complexity index is 848. The van der Waals surface area contributed by atoms with Crippen molar-refractivity contribution in [2.45, 2.75) is 10.9 Å². The second-order valence-electron chi connectivity index (χ2n) is 5.34. The Morgan fingerprint density at radius 1 is 1.27 bits per heavy atom. The van der Waals surface area contributed by atoms with Crippen molar-refractivity contribution in [2.75, 3.05) is 0 Å². The van der Waals surface area contributed by atoms with Crippen LogP contribution in [0.15, 0.2) is 59.3 Å². The molecule has 0 fully saturated rings. The molecule has 4 rings (SSSR count). The number of aliphatic imine (C=N–C) groups is 1. The number of dihydropyridines is 1. The van der Waals surface area contributed by atoms with Crippen LogP contribution >= 0.6 is 11.6 Å². The minimum atomic E-state index is -0.986. The minimum absolute atomic E-state index is 0.173. The zero-order chi connectivity index (χ0) is 15.3. The minimum Gasteiger partial charge on any atom is -0.478 e. The first-order valence-corrected chi connectivity index (χ1v) is 7.27. The molecule has 1 aromatic rings. The average molecular weight is 311 g/mol. The predicted octanol–water partition coefficient (Wildman–Crippen LogP) is 3.12. The lowest BCUT2D eigenvalue weighted by atomic mass is 9.66. The van der Waals surface area contributed by atoms with Crippen LogP contribution in [0.3, 0.4) is 0 Å². The van der Waals surface area contributed by atoms with E-state index in [1.54, 1.807) is 6.07 Å². The quantitative estimate of drug-likeness (QED) is 0.640. The largest absolute Gasteiger partial charge is 0.478 e. The first kappa shape index (κ1) is 13.2. The first-order chi connectivity index (χ1) is 10.6. The van der Waals surface area contributed by atoms with Gasteiger partial charge in [0.05, 0.1) is 22.4 Å². The number of hydrogen-bond acceptors (Lipinski definition) is 3. The summed E-state index contributed by atoms with van der Waals surface area (Å²) >= 11 is 6.19. The number of carboxylic acids is 1. The maximum Gasteiger partial charge on any atom is 0.337 e. The van der Waals surface area contributed by atoms with Crippen LogP contribution in [0.1, 0.15) is 21.6 Å². The van der Waals surface area contributed by atoms with Gasteiger partial charge in [0.1, 0.15) is 5.50 Å². The summed E-state index contributed by atoms with van der Waals surface area (Å²) < 4.78 is 0. The molecule has 0 radical (unpaired) electrons. The summed E-state index contributed by atoms with van der Waals surface area (Å²) in [5.41, 5.74) is 2.62. The van der Waals surface area contributed by atoms with Crippen molar-refractivity contribution in [1.29, 1.82) is 0 Å². The molecular formula is C17H11ClN2O2. The van der Waals surface area contributed by atoms with E-state index in [4.69, 9.17) is 16.7 Å². The van der Waals surface area contributed by atoms with Crippen LogP contribution in [-0.4, -0.2) is 27.3 Å². The number of allylic oxidation sites excluding steroid dienone is 6. The van der Waals surface area contributed by atoms with Gasteiger partial charge >= 0.3 is 5.97 Å². The van der Waals surface area contributed by atoms with Crippen LogP contribution in [0, 0.1) is 0 Å². The number of alkyl halides is 1. The Balaban J connectivity index is 2.00. The predicted molar refractivity (Wildman–Crippen MR) is 85.3 cm³/mol. The second-order valence-corrected chi connectivity index (χ2v) is 5.78. The van der Waals surface area contributed by atoms with Crippen molar-refractivity contribution in [3.8, 4) is 0 Å². The Morgan fingerprint density at radius 3 is 2.95 bits per heavy atom. The maximum absolute atomic E-state index is 11.2. The molecule has 0 aromatic carbocycles. The van der Waals surface area contributed by atoms with Gasteiger partial charge in [-0.25, -0.2) is 4.79 Å². The Kier molecular flexibility index (Phi) is 2.71. The number of halogens is 1. The molecule has 0 saturated heterocycles. The Morgan fingerprint density at radius 2 is 2.14 bits per heavy atom. The van der Waals surface area contributed by atoms with E-state index in [1.165, 1.54) is 6.20 Å². The highest BCUT2D eigenvalue weighted by Gasteiger charge is 2.44. The smallest absolute Gasteiger partial charge is 0.337 e. The van der Waals surface area contributed by atoms with Crippen molar-refractivity contribution in [1.82, 2.24) is 4.98 Å². The molecule has 2 heterocycles. The molecule has 5 heteroatoms. The van der Waals surface area contributed by atoms with Crippen molar-refractivity contribution < 1.29 is 9.90 Å². The van der Waals surface area contributed by atoms with Crippen LogP contribution in [0.2, 0.25) is 0 Å². The number of aromatic nitrogens is 1. The van der Waals surface area contributed by atoms with E-state index >= 15 is 0 Å². The third-order valence-electron chi connectivity index (χ3n) is 4.13. The fourth-order valence-corrected chi connectivity index (χ4v) is 3.40. The van der Waals surface area contributed by atoms with Gasteiger partial charge in [-0.15, -0.1) is 0 Å². The summed E-state index contributed by atoms with van der Waals surface area (Å²) in [6, 6.07) is 1.64. The van der Waals surface area contributed by atoms with Gasteiger partial charge in [0.25, 0.3) is 0 Å². The molecule has 0 amide bonds. The highest BCUT2D eigenvalue weighted by molar-refractivity contribution is 6.24. The van der Waals surface area contributed by atoms with Gasteiger partial charge in [-0.1, -0.05) is 42.0 Å². The van der Waals surface area contributed by atoms with E-state index < -0.39 is 16.9 Å². The fourth-order valence-electron chi connectivity index (χ4n) is 3.16. The van der Waals surface area contributed by atoms with Crippen molar-refractivity contribution in [3.63, 3.8) is 0 Å². The Labute approximate surface area is 131 Å². The van der Waals surface area contributed by atoms with E-state index in [-0.39, 0.29) is 5.56 Å². The van der Waals surface area contributed by atoms with E-state index in [0.717, 1.165) is 22.5 Å². The average Bonchev–Trinajstić information content (AvgIpc) is 2.52. The van der Waals surface area contributed by atoms with Crippen LogP contribution in [-0.2, 0) is 5.41 Å². The molecular weight excluding hydrogens is 300 g/mol. The highest BCUT2D eigenvalue weighted by atomic mass is 35.5. The number of hydrogen-bond donors (Lipinski definition) is 1. The number of carboxylic acid groups (broad SMARTS) is 1. The van der Waals surface area contributed by atoms with Crippen molar-refractivity contribution in [3.05, 3.63) is 71.1 Å². The van der Waals surface area contributed by atoms with Gasteiger partial charge < -0.3 is 5.11 Å². The second kappa shape index (κ2) is 4.52. The van der Waals surface area contributed by atoms with Gasteiger partial charge in [-0.3, -0.25) is 9.98 Å². The molecule has 4 nitrogen and oxygen atoms in total. The van der Waals surface area contributed by atoms with E-state index in [9.17, 15) is 4.79 Å². The zero-order valence-electron chi connectivity index (χ0n) is 11.4. The summed E-state index contributed by atoms with van der Waals surface area (Å²) in [4.78, 5) is 20.1. The third kappa shape index (κ3) is 1.67. The van der Waals surface area contributed by atoms with E-state index in [1.807, 2.05) is 42.5 Å². The van der Waals surface area contributed by atoms with Crippen LogP contribution in [0.4, 0.5) is 0 Å². The zero-order valence-corrected chi connectivity index (χ0v) is 12.2. The molecule has 1 N–H and O–H groups in total. The highest BCUT2D eigenvalue weighted by Crippen LogP contribution is 2.45. The molecule has 1 aromatic heterocycles. The molecule has 0 saturated carbocycles. The number of aromatic carboxylic acids is 1. The molecule has 2 unspecified atom stereocenters. The number of fused-ring (bicyclic) bond motifs is 1. The number of nitrogens with zero attached hydrogens (tertiary/aromatic N) is 2. The van der Waals surface area contributed by atoms with Gasteiger partial charge in [-0.2, -0.15) is 0 Å². The van der Waals surface area contributed by atoms with Crippen LogP contribution in [0.5, 0.6) is 0 Å². The van der Waals surface area contributed by atoms with E-state index in [2.05, 4.69) is 9.98 Å². The summed E-state index contributed by atoms with van der Waals surface area (Å²) in [5, 5.41) is 9.14.